The van der Waals surface area contributed by atoms with E-state index in [1.807, 2.05) is 37.3 Å². The molecule has 1 aromatic carbocycles. The minimum Gasteiger partial charge on any atom is -0.454 e. The summed E-state index contributed by atoms with van der Waals surface area (Å²) in [4.78, 5) is 11.2. The highest BCUT2D eigenvalue weighted by Gasteiger charge is 2.12. The molecule has 2 heterocycles. The van der Waals surface area contributed by atoms with Crippen molar-refractivity contribution in [2.45, 2.75) is 6.92 Å². The van der Waals surface area contributed by atoms with Crippen molar-refractivity contribution in [3.05, 3.63) is 57.6 Å². The smallest absolute Gasteiger partial charge is 0.336 e. The molecule has 0 saturated heterocycles. The first-order valence-corrected chi connectivity index (χ1v) is 5.90. The summed E-state index contributed by atoms with van der Waals surface area (Å²) in [5.74, 6) is 2.01. The van der Waals surface area contributed by atoms with Gasteiger partial charge in [-0.25, -0.2) is 4.79 Å². The third-order valence-electron chi connectivity index (χ3n) is 2.77. The minimum absolute atomic E-state index is 0.259. The lowest BCUT2D eigenvalue weighted by Crippen LogP contribution is -1.97. The molecule has 0 unspecified atom stereocenters. The molecule has 1 aromatic heterocycles. The second-order valence-corrected chi connectivity index (χ2v) is 4.30. The first kappa shape index (κ1) is 11.6. The summed E-state index contributed by atoms with van der Waals surface area (Å²) < 4.78 is 15.6. The van der Waals surface area contributed by atoms with Gasteiger partial charge in [0, 0.05) is 6.07 Å². The molecule has 19 heavy (non-hydrogen) atoms. The van der Waals surface area contributed by atoms with E-state index in [0.717, 1.165) is 22.6 Å². The Labute approximate surface area is 109 Å². The molecule has 0 radical (unpaired) electrons. The molecular weight excluding hydrogens is 244 g/mol. The summed E-state index contributed by atoms with van der Waals surface area (Å²) in [6, 6.07) is 8.92. The summed E-state index contributed by atoms with van der Waals surface area (Å²) in [7, 11) is 0. The van der Waals surface area contributed by atoms with Crippen molar-refractivity contribution >= 4 is 12.2 Å². The minimum atomic E-state index is -0.342. The van der Waals surface area contributed by atoms with Crippen molar-refractivity contribution in [2.24, 2.45) is 0 Å². The average Bonchev–Trinajstić information content (AvgIpc) is 2.82. The standard InChI is InChI=1S/C15H12O4/c1-10-6-12(19-15(16)7-10)4-2-11-3-5-13-14(8-11)18-9-17-13/h2-8H,9H2,1H3/b4-2+. The Bertz CT molecular complexity index is 698. The van der Waals surface area contributed by atoms with Crippen molar-refractivity contribution in [1.82, 2.24) is 0 Å². The quantitative estimate of drug-likeness (QED) is 0.829. The van der Waals surface area contributed by atoms with Gasteiger partial charge in [0.15, 0.2) is 11.5 Å². The predicted molar refractivity (Wildman–Crippen MR) is 71.2 cm³/mol. The van der Waals surface area contributed by atoms with E-state index in [4.69, 9.17) is 13.9 Å². The van der Waals surface area contributed by atoms with Crippen molar-refractivity contribution in [2.75, 3.05) is 6.79 Å². The zero-order valence-electron chi connectivity index (χ0n) is 10.4. The Morgan fingerprint density at radius 3 is 2.74 bits per heavy atom. The number of hydrogen-bond donors (Lipinski definition) is 0. The van der Waals surface area contributed by atoms with Crippen LogP contribution in [0.25, 0.3) is 12.2 Å². The van der Waals surface area contributed by atoms with Crippen molar-refractivity contribution in [3.63, 3.8) is 0 Å². The summed E-state index contributed by atoms with van der Waals surface area (Å²) in [5.41, 5.74) is 1.49. The number of benzene rings is 1. The van der Waals surface area contributed by atoms with Gasteiger partial charge in [-0.1, -0.05) is 12.1 Å². The van der Waals surface area contributed by atoms with Crippen LogP contribution in [0.2, 0.25) is 0 Å². The van der Waals surface area contributed by atoms with Crippen LogP contribution < -0.4 is 15.1 Å². The van der Waals surface area contributed by atoms with Crippen LogP contribution in [-0.2, 0) is 0 Å². The zero-order chi connectivity index (χ0) is 13.2. The molecule has 1 aliphatic rings. The van der Waals surface area contributed by atoms with Crippen LogP contribution in [0.1, 0.15) is 16.9 Å². The molecule has 0 amide bonds. The maximum atomic E-state index is 11.2. The monoisotopic (exact) mass is 256 g/mol. The Morgan fingerprint density at radius 1 is 1.05 bits per heavy atom. The second kappa shape index (κ2) is 4.65. The molecule has 2 aromatic rings. The van der Waals surface area contributed by atoms with Crippen LogP contribution in [0, 0.1) is 6.92 Å². The second-order valence-electron chi connectivity index (χ2n) is 4.30. The highest BCUT2D eigenvalue weighted by Crippen LogP contribution is 2.32. The number of ether oxygens (including phenoxy) is 2. The van der Waals surface area contributed by atoms with Crippen molar-refractivity contribution < 1.29 is 13.9 Å². The Kier molecular flexibility index (Phi) is 2.83. The third kappa shape index (κ3) is 2.52. The van der Waals surface area contributed by atoms with Gasteiger partial charge in [0.2, 0.25) is 6.79 Å². The van der Waals surface area contributed by atoms with E-state index in [9.17, 15) is 4.79 Å². The van der Waals surface area contributed by atoms with E-state index in [-0.39, 0.29) is 12.4 Å². The van der Waals surface area contributed by atoms with Gasteiger partial charge in [0.25, 0.3) is 0 Å². The number of fused-ring (bicyclic) bond motifs is 1. The van der Waals surface area contributed by atoms with Crippen LogP contribution in [0.15, 0.2) is 39.5 Å². The van der Waals surface area contributed by atoms with Gasteiger partial charge < -0.3 is 13.9 Å². The van der Waals surface area contributed by atoms with E-state index < -0.39 is 0 Å². The normalized spacial score (nSPS) is 13.1. The fourth-order valence-corrected chi connectivity index (χ4v) is 1.90. The topological polar surface area (TPSA) is 48.7 Å². The molecule has 0 N–H and O–H groups in total. The number of aryl methyl sites for hydroxylation is 1. The maximum Gasteiger partial charge on any atom is 0.336 e. The van der Waals surface area contributed by atoms with E-state index in [1.165, 1.54) is 6.07 Å². The van der Waals surface area contributed by atoms with Crippen LogP contribution in [-0.4, -0.2) is 6.79 Å². The third-order valence-corrected chi connectivity index (χ3v) is 2.77. The first-order chi connectivity index (χ1) is 9.20. The van der Waals surface area contributed by atoms with Gasteiger partial charge in [-0.15, -0.1) is 0 Å². The molecule has 3 rings (SSSR count). The van der Waals surface area contributed by atoms with Gasteiger partial charge in [0.1, 0.15) is 5.76 Å². The van der Waals surface area contributed by atoms with Crippen molar-refractivity contribution in [3.8, 4) is 11.5 Å². The Morgan fingerprint density at radius 2 is 1.89 bits per heavy atom. The lowest BCUT2D eigenvalue weighted by atomic mass is 10.1. The molecule has 0 atom stereocenters. The van der Waals surface area contributed by atoms with Crippen LogP contribution in [0.5, 0.6) is 11.5 Å². The SMILES string of the molecule is Cc1cc(/C=C/c2ccc3c(c2)OCO3)oc(=O)c1. The fourth-order valence-electron chi connectivity index (χ4n) is 1.90. The highest BCUT2D eigenvalue weighted by molar-refractivity contribution is 5.69. The number of rotatable bonds is 2. The summed E-state index contributed by atoms with van der Waals surface area (Å²) in [5, 5.41) is 0. The van der Waals surface area contributed by atoms with E-state index in [0.29, 0.717) is 5.76 Å². The highest BCUT2D eigenvalue weighted by atomic mass is 16.7. The molecule has 0 bridgehead atoms. The van der Waals surface area contributed by atoms with Gasteiger partial charge in [-0.2, -0.15) is 0 Å². The average molecular weight is 256 g/mol. The summed E-state index contributed by atoms with van der Waals surface area (Å²) in [6.45, 7) is 2.12. The van der Waals surface area contributed by atoms with Crippen LogP contribution >= 0.6 is 0 Å². The molecule has 1 aliphatic heterocycles. The Balaban J connectivity index is 1.88. The van der Waals surface area contributed by atoms with E-state index >= 15 is 0 Å². The maximum absolute atomic E-state index is 11.2. The molecule has 4 nitrogen and oxygen atoms in total. The van der Waals surface area contributed by atoms with Gasteiger partial charge >= 0.3 is 5.63 Å². The fraction of sp³-hybridized carbons (Fsp3) is 0.133. The molecule has 0 fully saturated rings. The largest absolute Gasteiger partial charge is 0.454 e. The molecule has 0 saturated carbocycles. The van der Waals surface area contributed by atoms with Gasteiger partial charge in [-0.05, 0) is 42.3 Å². The lowest BCUT2D eigenvalue weighted by molar-refractivity contribution is 0.174. The molecule has 4 heteroatoms. The van der Waals surface area contributed by atoms with E-state index in [1.54, 1.807) is 6.08 Å². The van der Waals surface area contributed by atoms with Crippen LogP contribution in [0.4, 0.5) is 0 Å². The molecule has 0 aliphatic carbocycles. The molecular formula is C15H12O4. The first-order valence-electron chi connectivity index (χ1n) is 5.90. The lowest BCUT2D eigenvalue weighted by Gasteiger charge is -1.98. The van der Waals surface area contributed by atoms with Gasteiger partial charge in [0.05, 0.1) is 0 Å². The summed E-state index contributed by atoms with van der Waals surface area (Å²) in [6.07, 6.45) is 3.62. The van der Waals surface area contributed by atoms with E-state index in [2.05, 4.69) is 0 Å². The van der Waals surface area contributed by atoms with Crippen LogP contribution in [0.3, 0.4) is 0 Å². The summed E-state index contributed by atoms with van der Waals surface area (Å²) >= 11 is 0. The van der Waals surface area contributed by atoms with Gasteiger partial charge in [-0.3, -0.25) is 0 Å². The van der Waals surface area contributed by atoms with Crippen molar-refractivity contribution in [1.29, 1.82) is 0 Å². The molecule has 96 valence electrons. The zero-order valence-corrected chi connectivity index (χ0v) is 10.4. The number of hydrogen-bond acceptors (Lipinski definition) is 4. The predicted octanol–water partition coefficient (Wildman–Crippen LogP) is 2.85. The molecule has 0 spiro atoms. The Hall–Kier alpha value is -2.49.